The van der Waals surface area contributed by atoms with Crippen LogP contribution in [0.1, 0.15) is 96.1 Å². The van der Waals surface area contributed by atoms with E-state index in [2.05, 4.69) is 52.8 Å². The van der Waals surface area contributed by atoms with Crippen LogP contribution in [0.4, 0.5) is 0 Å². The molecule has 2 fully saturated rings. The summed E-state index contributed by atoms with van der Waals surface area (Å²) < 4.78 is 21.2. The molecule has 0 spiro atoms. The van der Waals surface area contributed by atoms with Gasteiger partial charge in [0.2, 0.25) is 70.0 Å². The van der Waals surface area contributed by atoms with E-state index in [9.17, 15) is 72.9 Å². The maximum absolute atomic E-state index is 15.4. The first-order valence-corrected chi connectivity index (χ1v) is 31.8. The number of aliphatic hydroxyl groups excluding tert-OH is 3. The van der Waals surface area contributed by atoms with Crippen LogP contribution in [0.5, 0.6) is 5.75 Å². The smallest absolute Gasteiger partial charge is 0.303 e. The monoisotopic (exact) mass is 1270 g/mol. The molecule has 16 N–H and O–H groups in total. The maximum atomic E-state index is 15.4. The Kier molecular flexibility index (Phi) is 26.0. The number of hydrogen-bond acceptors (Lipinski definition) is 18. The van der Waals surface area contributed by atoms with E-state index in [1.54, 1.807) is 26.0 Å². The average Bonchev–Trinajstić information content (AvgIpc) is 4.29. The van der Waals surface area contributed by atoms with E-state index in [-0.39, 0.29) is 65.9 Å². The van der Waals surface area contributed by atoms with Gasteiger partial charge in [-0.1, -0.05) is 27.2 Å². The molecule has 1 saturated carbocycles. The van der Waals surface area contributed by atoms with Gasteiger partial charge in [0.15, 0.2) is 6.04 Å². The zero-order chi connectivity index (χ0) is 64.5. The largest absolute Gasteiger partial charge is 0.610 e. The Morgan fingerprint density at radius 1 is 0.875 bits per heavy atom. The summed E-state index contributed by atoms with van der Waals surface area (Å²) in [7, 11) is 1.41. The van der Waals surface area contributed by atoms with E-state index >= 15 is 4.55 Å². The number of hydrogen-bond donors (Lipinski definition) is 15. The van der Waals surface area contributed by atoms with E-state index in [1.807, 2.05) is 0 Å². The zero-order valence-corrected chi connectivity index (χ0v) is 51.2. The fourth-order valence-electron chi connectivity index (χ4n) is 11.1. The summed E-state index contributed by atoms with van der Waals surface area (Å²) in [5.74, 6) is -12.4. The lowest BCUT2D eigenvalue weighted by molar-refractivity contribution is -0.144. The number of aliphatic carboxylic acids is 1. The first-order chi connectivity index (χ1) is 41.8. The van der Waals surface area contributed by atoms with Gasteiger partial charge in [0.1, 0.15) is 41.7 Å². The molecular weight excluding hydrogens is 1190 g/mol. The molecule has 2 aromatic rings. The van der Waals surface area contributed by atoms with Crippen molar-refractivity contribution >= 4 is 105 Å². The van der Waals surface area contributed by atoms with Gasteiger partial charge in [-0.05, 0) is 49.7 Å². The summed E-state index contributed by atoms with van der Waals surface area (Å²) >= 11 is -1.07. The molecule has 2 bridgehead atoms. The lowest BCUT2D eigenvalue weighted by Gasteiger charge is -2.32. The number of carbonyl (C=O) groups is 12. The van der Waals surface area contributed by atoms with Crippen LogP contribution in [0, 0.1) is 23.7 Å². The summed E-state index contributed by atoms with van der Waals surface area (Å²) in [4.78, 5) is 167. The van der Waals surface area contributed by atoms with Gasteiger partial charge in [-0.3, -0.25) is 57.5 Å². The van der Waals surface area contributed by atoms with Gasteiger partial charge in [-0.15, -0.1) is 0 Å². The number of primary amides is 1. The van der Waals surface area contributed by atoms with Crippen molar-refractivity contribution in [2.45, 2.75) is 151 Å². The molecule has 4 heterocycles. The normalized spacial score (nSPS) is 26.6. The van der Waals surface area contributed by atoms with Crippen molar-refractivity contribution < 1.29 is 87.3 Å². The van der Waals surface area contributed by atoms with Crippen molar-refractivity contribution in [2.24, 2.45) is 29.4 Å². The van der Waals surface area contributed by atoms with Gasteiger partial charge in [0.05, 0.1) is 50.8 Å². The van der Waals surface area contributed by atoms with Gasteiger partial charge < -0.3 is 93.2 Å². The van der Waals surface area contributed by atoms with Crippen molar-refractivity contribution in [3.05, 3.63) is 23.3 Å². The number of aliphatic hydroxyl groups is 3. The molecule has 88 heavy (non-hydrogen) atoms. The quantitative estimate of drug-likeness (QED) is 0.0470. The molecule has 0 radical (unpaired) electrons. The number of rotatable bonds is 19. The predicted molar refractivity (Wildman–Crippen MR) is 316 cm³/mol. The number of nitrogens with zero attached hydrogens (tertiary/aromatic N) is 1. The standard InChI is InChI=1S/C56H82N12O18S2/c1-5-27(2)46-53(82)61-22-44(75)62-37-26-88(85)55-33(32-10-11-40(86-4)34(48(32)67-55)25-87-17-16-59-49(78)30-8-6-29(7-9-30)21-60-42(73)12-13-45(76)77)19-35(50(79)58-15-14-43(74)65-46)63-54(83)47(28(3)39(71)24-69)66-52(81)38-18-31(70)23-68(38)56(84)36(20-41(57)72)64-51(37)80/h10-11,27-31,35-39,46-47,67,69-71H,5-9,12-26H2,1-4H3,(H2,57,72)(H,58,79)(H,59,78)(H,60,73)(H,61,82)(H,62,75)(H,63,83)(H,64,80)(H,65,74)(H,66,81)(H,76,77)/t27-,28-,29?,30?,31+,35-,36-,37-,38-,39-,46-,47-,88?/m0/s1. The number of carboxylic acids is 1. The van der Waals surface area contributed by atoms with Crippen LogP contribution in [-0.4, -0.2) is 212 Å². The minimum absolute atomic E-state index is 0.109. The molecule has 32 heteroatoms. The molecule has 6 rings (SSSR count). The van der Waals surface area contributed by atoms with Crippen LogP contribution in [-0.2, 0) is 80.9 Å². The fraction of sp³-hybridized carbons (Fsp3) is 0.643. The first kappa shape index (κ1) is 69.8. The molecule has 1 aromatic carbocycles. The second-order valence-corrected chi connectivity index (χ2v) is 25.2. The highest BCUT2D eigenvalue weighted by molar-refractivity contribution is 7.98. The Bertz CT molecular complexity index is 2910. The van der Waals surface area contributed by atoms with Gasteiger partial charge in [0, 0.05) is 103 Å². The number of fused-ring (bicyclic) bond motifs is 5. The number of benzene rings is 1. The van der Waals surface area contributed by atoms with Crippen LogP contribution in [0.2, 0.25) is 0 Å². The van der Waals surface area contributed by atoms with E-state index in [0.29, 0.717) is 66.6 Å². The SMILES string of the molecule is CC[C@H](C)[C@@H]1NC(=O)CCNC(=O)[C@@H]2Cc3c([nH]c4c(CSCCNC(=O)C5CCC(CNC(=O)CCC(=O)O)CC5)c(OC)ccc34)[S+]([O-])C[C@H](NC(=O)CNC1=O)C(=O)N[C@@H](CC(N)=O)C(=O)N1C[C@H](O)C[C@H]1C(=O)N[C@@H]([C@@H](C)[C@@H](O)CO)C(=O)N2. The second-order valence-electron chi connectivity index (χ2n) is 22.7. The van der Waals surface area contributed by atoms with Crippen LogP contribution in [0.15, 0.2) is 17.2 Å². The average molecular weight is 1280 g/mol. The Morgan fingerprint density at radius 2 is 1.60 bits per heavy atom. The Hall–Kier alpha value is -7.26. The van der Waals surface area contributed by atoms with Gasteiger partial charge in [-0.2, -0.15) is 11.8 Å². The Balaban J connectivity index is 1.41. The number of aromatic amines is 1. The third kappa shape index (κ3) is 18.9. The molecule has 1 unspecified atom stereocenters. The second kappa shape index (κ2) is 32.8. The first-order valence-electron chi connectivity index (χ1n) is 29.4. The molecule has 4 aliphatic rings. The van der Waals surface area contributed by atoms with Gasteiger partial charge in [0.25, 0.3) is 0 Å². The summed E-state index contributed by atoms with van der Waals surface area (Å²) in [6, 6.07) is -6.88. The third-order valence-corrected chi connectivity index (χ3v) is 18.8. The predicted octanol–water partition coefficient (Wildman–Crippen LogP) is -4.09. The van der Waals surface area contributed by atoms with E-state index in [4.69, 9.17) is 15.6 Å². The topological polar surface area (TPSA) is 471 Å². The molecular formula is C56H82N12O18S2. The molecule has 1 aliphatic carbocycles. The van der Waals surface area contributed by atoms with Crippen molar-refractivity contribution in [2.75, 3.05) is 57.9 Å². The molecule has 11 atom stereocenters. The molecule has 1 aromatic heterocycles. The summed E-state index contributed by atoms with van der Waals surface area (Å²) in [5, 5.41) is 64.5. The van der Waals surface area contributed by atoms with Crippen molar-refractivity contribution in [1.29, 1.82) is 0 Å². The number of H-pyrrole nitrogens is 1. The number of nitrogens with two attached hydrogens (primary N) is 1. The minimum atomic E-state index is -2.46. The number of nitrogens with one attached hydrogen (secondary N) is 10. The molecule has 1 saturated heterocycles. The van der Waals surface area contributed by atoms with Gasteiger partial charge >= 0.3 is 5.97 Å². The fourth-order valence-corrected chi connectivity index (χ4v) is 13.3. The van der Waals surface area contributed by atoms with Crippen LogP contribution < -0.4 is 58.3 Å². The number of ether oxygens (including phenoxy) is 1. The van der Waals surface area contributed by atoms with Crippen molar-refractivity contribution in [1.82, 2.24) is 57.7 Å². The summed E-state index contributed by atoms with van der Waals surface area (Å²) in [5.41, 5.74) is 6.51. The zero-order valence-electron chi connectivity index (χ0n) is 49.6. The highest BCUT2D eigenvalue weighted by atomic mass is 32.2. The van der Waals surface area contributed by atoms with E-state index < -0.39 is 182 Å². The lowest BCUT2D eigenvalue weighted by Crippen LogP contribution is -2.61. The summed E-state index contributed by atoms with van der Waals surface area (Å²) in [6.07, 6.45) is -2.74. The van der Waals surface area contributed by atoms with Crippen molar-refractivity contribution in [3.8, 4) is 5.75 Å². The molecule has 3 aliphatic heterocycles. The van der Waals surface area contributed by atoms with Crippen molar-refractivity contribution in [3.63, 3.8) is 0 Å². The van der Waals surface area contributed by atoms with E-state index in [0.717, 1.165) is 4.90 Å². The number of aromatic nitrogens is 1. The highest BCUT2D eigenvalue weighted by Crippen LogP contribution is 2.37. The van der Waals surface area contributed by atoms with E-state index in [1.165, 1.54) is 25.8 Å². The number of amides is 11. The molecule has 486 valence electrons. The number of carboxylic acid groups (broad SMARTS) is 1. The van der Waals surface area contributed by atoms with Crippen LogP contribution >= 0.6 is 11.8 Å². The molecule has 30 nitrogen and oxygen atoms in total. The number of methoxy groups -OCH3 is 1. The van der Waals surface area contributed by atoms with Crippen LogP contribution in [0.3, 0.4) is 0 Å². The Labute approximate surface area is 514 Å². The maximum Gasteiger partial charge on any atom is 0.303 e. The highest BCUT2D eigenvalue weighted by Gasteiger charge is 2.46. The summed E-state index contributed by atoms with van der Waals surface area (Å²) in [6.45, 7) is 2.77. The number of thioether (sulfide) groups is 1. The van der Waals surface area contributed by atoms with Gasteiger partial charge in [-0.25, -0.2) is 0 Å². The number of carbonyl (C=O) groups excluding carboxylic acids is 11. The lowest BCUT2D eigenvalue weighted by atomic mass is 9.81. The van der Waals surface area contributed by atoms with Crippen LogP contribution in [0.25, 0.3) is 10.9 Å². The molecule has 11 amide bonds. The Morgan fingerprint density at radius 3 is 2.27 bits per heavy atom. The minimum Gasteiger partial charge on any atom is -0.610 e. The third-order valence-electron chi connectivity index (χ3n) is 16.4.